The summed E-state index contributed by atoms with van der Waals surface area (Å²) in [6, 6.07) is 7.33. The van der Waals surface area contributed by atoms with Gasteiger partial charge in [-0.05, 0) is 30.7 Å². The number of amides is 1. The number of aromatic nitrogens is 3. The summed E-state index contributed by atoms with van der Waals surface area (Å²) in [4.78, 5) is 23.5. The molecule has 0 radical (unpaired) electrons. The lowest BCUT2D eigenvalue weighted by atomic mass is 10.0. The van der Waals surface area contributed by atoms with Crippen LogP contribution < -0.4 is 15.2 Å². The second-order valence-electron chi connectivity index (χ2n) is 5.60. The minimum atomic E-state index is -0.660. The Kier molecular flexibility index (Phi) is 5.55. The second-order valence-corrected chi connectivity index (χ2v) is 5.60. The first-order chi connectivity index (χ1) is 13.0. The van der Waals surface area contributed by atoms with Gasteiger partial charge in [0.2, 0.25) is 0 Å². The third-order valence-corrected chi connectivity index (χ3v) is 3.64. The Morgan fingerprint density at radius 1 is 1.04 bits per heavy atom. The van der Waals surface area contributed by atoms with Crippen molar-refractivity contribution in [2.24, 2.45) is 5.73 Å². The van der Waals surface area contributed by atoms with Crippen LogP contribution in [0.25, 0.3) is 11.1 Å². The van der Waals surface area contributed by atoms with Crippen LogP contribution in [0.5, 0.6) is 11.5 Å². The Hall–Kier alpha value is -3.55. The van der Waals surface area contributed by atoms with Gasteiger partial charge >= 0.3 is 0 Å². The van der Waals surface area contributed by atoms with Gasteiger partial charge in [-0.1, -0.05) is 12.1 Å². The van der Waals surface area contributed by atoms with Crippen molar-refractivity contribution in [2.45, 2.75) is 6.92 Å². The van der Waals surface area contributed by atoms with Gasteiger partial charge in [0.25, 0.3) is 5.91 Å². The largest absolute Gasteiger partial charge is 0.488 e. The maximum atomic E-state index is 13.2. The smallest absolute Gasteiger partial charge is 0.267 e. The van der Waals surface area contributed by atoms with Crippen molar-refractivity contribution in [3.63, 3.8) is 0 Å². The van der Waals surface area contributed by atoms with Gasteiger partial charge in [0.05, 0.1) is 18.6 Å². The van der Waals surface area contributed by atoms with Gasteiger partial charge in [0, 0.05) is 5.56 Å². The molecule has 3 aromatic rings. The van der Waals surface area contributed by atoms with Crippen LogP contribution in [0.3, 0.4) is 0 Å². The van der Waals surface area contributed by atoms with Crippen LogP contribution in [-0.4, -0.2) is 34.1 Å². The summed E-state index contributed by atoms with van der Waals surface area (Å²) in [5.41, 5.74) is 6.64. The number of primary amides is 1. The molecule has 2 heterocycles. The molecule has 138 valence electrons. The average molecular weight is 368 g/mol. The predicted octanol–water partition coefficient (Wildman–Crippen LogP) is 2.54. The molecule has 0 saturated heterocycles. The SMILES string of the molecule is Cc1ncc(OCCOc2cnc(C(N)=O)cc2-c2ccc(F)cc2)cn1. The highest BCUT2D eigenvalue weighted by Gasteiger charge is 2.12. The Labute approximate surface area is 155 Å². The molecule has 0 fully saturated rings. The summed E-state index contributed by atoms with van der Waals surface area (Å²) < 4.78 is 24.4. The number of ether oxygens (including phenoxy) is 2. The van der Waals surface area contributed by atoms with Crippen LogP contribution in [0.15, 0.2) is 48.9 Å². The molecule has 0 aliphatic rings. The highest BCUT2D eigenvalue weighted by atomic mass is 19.1. The molecule has 27 heavy (non-hydrogen) atoms. The summed E-state index contributed by atoms with van der Waals surface area (Å²) >= 11 is 0. The molecule has 1 aromatic carbocycles. The molecule has 2 N–H and O–H groups in total. The van der Waals surface area contributed by atoms with Crippen molar-refractivity contribution in [3.8, 4) is 22.6 Å². The molecule has 0 atom stereocenters. The van der Waals surface area contributed by atoms with Crippen LogP contribution in [0.1, 0.15) is 16.3 Å². The maximum Gasteiger partial charge on any atom is 0.267 e. The molecular weight excluding hydrogens is 351 g/mol. The number of halogens is 1. The lowest BCUT2D eigenvalue weighted by Gasteiger charge is -2.13. The first-order valence-corrected chi connectivity index (χ1v) is 8.13. The van der Waals surface area contributed by atoms with E-state index in [2.05, 4.69) is 15.0 Å². The maximum absolute atomic E-state index is 13.2. The van der Waals surface area contributed by atoms with E-state index in [1.54, 1.807) is 31.5 Å². The van der Waals surface area contributed by atoms with Gasteiger partial charge in [-0.3, -0.25) is 4.79 Å². The van der Waals surface area contributed by atoms with E-state index in [0.29, 0.717) is 28.5 Å². The summed E-state index contributed by atoms with van der Waals surface area (Å²) in [6.45, 7) is 2.26. The normalized spacial score (nSPS) is 10.4. The van der Waals surface area contributed by atoms with E-state index in [1.165, 1.54) is 24.4 Å². The molecular formula is C19H17FN4O3. The number of aryl methyl sites for hydroxylation is 1. The molecule has 0 bridgehead atoms. The molecule has 3 rings (SSSR count). The molecule has 1 amide bonds. The van der Waals surface area contributed by atoms with Crippen molar-refractivity contribution in [3.05, 3.63) is 66.3 Å². The number of benzene rings is 1. The van der Waals surface area contributed by atoms with Crippen LogP contribution >= 0.6 is 0 Å². The molecule has 2 aromatic heterocycles. The fraction of sp³-hybridized carbons (Fsp3) is 0.158. The Bertz CT molecular complexity index is 931. The van der Waals surface area contributed by atoms with E-state index < -0.39 is 5.91 Å². The number of rotatable bonds is 7. The van der Waals surface area contributed by atoms with Gasteiger partial charge in [0.15, 0.2) is 5.75 Å². The quantitative estimate of drug-likeness (QED) is 0.643. The Morgan fingerprint density at radius 2 is 1.70 bits per heavy atom. The van der Waals surface area contributed by atoms with E-state index in [0.717, 1.165) is 0 Å². The zero-order valence-electron chi connectivity index (χ0n) is 14.6. The molecule has 0 unspecified atom stereocenters. The van der Waals surface area contributed by atoms with Crippen molar-refractivity contribution in [1.82, 2.24) is 15.0 Å². The van der Waals surface area contributed by atoms with E-state index in [1.807, 2.05) is 0 Å². The van der Waals surface area contributed by atoms with Crippen molar-refractivity contribution in [2.75, 3.05) is 13.2 Å². The fourth-order valence-electron chi connectivity index (χ4n) is 2.31. The van der Waals surface area contributed by atoms with Crippen molar-refractivity contribution >= 4 is 5.91 Å². The highest BCUT2D eigenvalue weighted by molar-refractivity contribution is 5.92. The van der Waals surface area contributed by atoms with E-state index in [4.69, 9.17) is 15.2 Å². The summed E-state index contributed by atoms with van der Waals surface area (Å²) in [5.74, 6) is 0.593. The van der Waals surface area contributed by atoms with Crippen LogP contribution in [-0.2, 0) is 0 Å². The van der Waals surface area contributed by atoms with E-state index >= 15 is 0 Å². The fourth-order valence-corrected chi connectivity index (χ4v) is 2.31. The molecule has 0 spiro atoms. The average Bonchev–Trinajstić information content (AvgIpc) is 2.67. The lowest BCUT2D eigenvalue weighted by molar-refractivity contribution is 0.0995. The third-order valence-electron chi connectivity index (χ3n) is 3.64. The minimum absolute atomic E-state index is 0.0923. The van der Waals surface area contributed by atoms with Crippen LogP contribution in [0.2, 0.25) is 0 Å². The number of carbonyl (C=O) groups is 1. The summed E-state index contributed by atoms with van der Waals surface area (Å²) in [6.07, 6.45) is 4.57. The predicted molar refractivity (Wildman–Crippen MR) is 95.9 cm³/mol. The number of hydrogen-bond donors (Lipinski definition) is 1. The van der Waals surface area contributed by atoms with Gasteiger partial charge < -0.3 is 15.2 Å². The van der Waals surface area contributed by atoms with Gasteiger partial charge in [-0.15, -0.1) is 0 Å². The number of nitrogens with two attached hydrogens (primary N) is 1. The Morgan fingerprint density at radius 3 is 2.37 bits per heavy atom. The standard InChI is InChI=1S/C19H17FN4O3/c1-12-22-9-15(10-23-12)26-6-7-27-18-11-24-17(19(21)25)8-16(18)13-2-4-14(20)5-3-13/h2-5,8-11H,6-7H2,1H3,(H2,21,25). The minimum Gasteiger partial charge on any atom is -0.488 e. The van der Waals surface area contributed by atoms with Gasteiger partial charge in [-0.25, -0.2) is 19.3 Å². The monoisotopic (exact) mass is 368 g/mol. The molecule has 0 aliphatic heterocycles. The molecule has 0 aliphatic carbocycles. The number of carbonyl (C=O) groups excluding carboxylic acids is 1. The van der Waals surface area contributed by atoms with E-state index in [9.17, 15) is 9.18 Å². The number of hydrogen-bond acceptors (Lipinski definition) is 6. The zero-order chi connectivity index (χ0) is 19.2. The second kappa shape index (κ2) is 8.22. The molecule has 0 saturated carbocycles. The lowest BCUT2D eigenvalue weighted by Crippen LogP contribution is -2.14. The van der Waals surface area contributed by atoms with Gasteiger partial charge in [-0.2, -0.15) is 0 Å². The molecule has 8 heteroatoms. The van der Waals surface area contributed by atoms with Crippen LogP contribution in [0, 0.1) is 12.7 Å². The number of nitrogens with zero attached hydrogens (tertiary/aromatic N) is 3. The van der Waals surface area contributed by atoms with Gasteiger partial charge in [0.1, 0.15) is 36.3 Å². The zero-order valence-corrected chi connectivity index (χ0v) is 14.6. The van der Waals surface area contributed by atoms with Crippen molar-refractivity contribution < 1.29 is 18.7 Å². The van der Waals surface area contributed by atoms with Crippen molar-refractivity contribution in [1.29, 1.82) is 0 Å². The third kappa shape index (κ3) is 4.75. The van der Waals surface area contributed by atoms with Crippen LogP contribution in [0.4, 0.5) is 4.39 Å². The topological polar surface area (TPSA) is 100 Å². The van der Waals surface area contributed by atoms with E-state index in [-0.39, 0.29) is 24.7 Å². The number of pyridine rings is 1. The first kappa shape index (κ1) is 18.2. The molecule has 7 nitrogen and oxygen atoms in total. The highest BCUT2D eigenvalue weighted by Crippen LogP contribution is 2.30. The Balaban J connectivity index is 1.72. The summed E-state index contributed by atoms with van der Waals surface area (Å²) in [7, 11) is 0. The summed E-state index contributed by atoms with van der Waals surface area (Å²) in [5, 5.41) is 0. The first-order valence-electron chi connectivity index (χ1n) is 8.13.